The third-order valence-corrected chi connectivity index (χ3v) is 7.57. The molecule has 1 amide bonds. The summed E-state index contributed by atoms with van der Waals surface area (Å²) in [6, 6.07) is 15.0. The van der Waals surface area contributed by atoms with Gasteiger partial charge in [-0.1, -0.05) is 24.3 Å². The highest BCUT2D eigenvalue weighted by molar-refractivity contribution is 5.89. The lowest BCUT2D eigenvalue weighted by Gasteiger charge is -2.43. The number of aryl methyl sites for hydroxylation is 1. The number of benzene rings is 2. The number of amides is 1. The second-order valence-electron chi connectivity index (χ2n) is 9.85. The van der Waals surface area contributed by atoms with Crippen LogP contribution in [0.3, 0.4) is 0 Å². The van der Waals surface area contributed by atoms with Crippen molar-refractivity contribution in [3.8, 4) is 5.75 Å². The Morgan fingerprint density at radius 2 is 1.82 bits per heavy atom. The van der Waals surface area contributed by atoms with Crippen LogP contribution in [0.2, 0.25) is 0 Å². The standard InChI is InChI=1S/C27H32N2O5/c1-19-3-2-4-22(17-19)34-23-9-14-29(18-23)27(12-15-33-16-13-27)25(32)28-26(10-11-26)21-7-5-20(6-8-21)24(30)31/h2-8,17,23H,9-16,18H2,1H3,(H,28,32)(H,30,31)/t23-/m1/s1. The molecule has 0 aromatic heterocycles. The van der Waals surface area contributed by atoms with E-state index >= 15 is 0 Å². The number of carbonyl (C=O) groups is 2. The van der Waals surface area contributed by atoms with Gasteiger partial charge in [0.1, 0.15) is 17.4 Å². The summed E-state index contributed by atoms with van der Waals surface area (Å²) in [5, 5.41) is 12.6. The largest absolute Gasteiger partial charge is 0.489 e. The number of nitrogens with one attached hydrogen (secondary N) is 1. The number of carbonyl (C=O) groups excluding carboxylic acids is 1. The number of nitrogens with zero attached hydrogens (tertiary/aromatic N) is 1. The number of ether oxygens (including phenoxy) is 2. The number of hydrogen-bond donors (Lipinski definition) is 2. The number of carboxylic acids is 1. The minimum atomic E-state index is -0.946. The molecule has 0 spiro atoms. The van der Waals surface area contributed by atoms with E-state index in [2.05, 4.69) is 23.2 Å². The average Bonchev–Trinajstić information content (AvgIpc) is 3.47. The van der Waals surface area contributed by atoms with Crippen LogP contribution in [0.25, 0.3) is 0 Å². The third kappa shape index (κ3) is 4.42. The van der Waals surface area contributed by atoms with Crippen molar-refractivity contribution in [3.05, 3.63) is 65.2 Å². The van der Waals surface area contributed by atoms with Crippen LogP contribution in [0.15, 0.2) is 48.5 Å². The molecule has 3 aliphatic rings. The van der Waals surface area contributed by atoms with Crippen molar-refractivity contribution in [2.45, 2.75) is 56.2 Å². The van der Waals surface area contributed by atoms with Gasteiger partial charge in [0.2, 0.25) is 5.91 Å². The van der Waals surface area contributed by atoms with Crippen LogP contribution in [-0.4, -0.2) is 59.8 Å². The molecule has 1 saturated carbocycles. The van der Waals surface area contributed by atoms with E-state index in [1.165, 1.54) is 5.56 Å². The first-order valence-corrected chi connectivity index (χ1v) is 12.1. The molecule has 7 heteroatoms. The zero-order valence-electron chi connectivity index (χ0n) is 19.6. The van der Waals surface area contributed by atoms with E-state index in [1.807, 2.05) is 30.3 Å². The normalized spacial score (nSPS) is 23.3. The summed E-state index contributed by atoms with van der Waals surface area (Å²) in [7, 11) is 0. The average molecular weight is 465 g/mol. The Labute approximate surface area is 200 Å². The van der Waals surface area contributed by atoms with Gasteiger partial charge < -0.3 is 19.9 Å². The van der Waals surface area contributed by atoms with Crippen molar-refractivity contribution in [1.29, 1.82) is 0 Å². The van der Waals surface area contributed by atoms with Crippen molar-refractivity contribution in [2.24, 2.45) is 0 Å². The molecule has 0 bridgehead atoms. The molecule has 2 saturated heterocycles. The highest BCUT2D eigenvalue weighted by Crippen LogP contribution is 2.46. The molecule has 0 unspecified atom stereocenters. The Balaban J connectivity index is 1.31. The van der Waals surface area contributed by atoms with Crippen LogP contribution in [0, 0.1) is 6.92 Å². The summed E-state index contributed by atoms with van der Waals surface area (Å²) in [6.45, 7) is 4.70. The number of aromatic carboxylic acids is 1. The first-order chi connectivity index (χ1) is 16.4. The van der Waals surface area contributed by atoms with Crippen LogP contribution >= 0.6 is 0 Å². The molecule has 34 heavy (non-hydrogen) atoms. The lowest BCUT2D eigenvalue weighted by atomic mass is 9.86. The number of likely N-dealkylation sites (tertiary alicyclic amines) is 1. The maximum Gasteiger partial charge on any atom is 0.335 e. The van der Waals surface area contributed by atoms with Crippen LogP contribution in [0.5, 0.6) is 5.75 Å². The van der Waals surface area contributed by atoms with Gasteiger partial charge in [0.15, 0.2) is 0 Å². The topological polar surface area (TPSA) is 88.1 Å². The zero-order chi connectivity index (χ0) is 23.8. The summed E-state index contributed by atoms with van der Waals surface area (Å²) < 4.78 is 11.9. The van der Waals surface area contributed by atoms with Gasteiger partial charge in [-0.25, -0.2) is 4.79 Å². The maximum absolute atomic E-state index is 13.9. The summed E-state index contributed by atoms with van der Waals surface area (Å²) in [5.74, 6) is -0.0241. The van der Waals surface area contributed by atoms with Gasteiger partial charge in [-0.15, -0.1) is 0 Å². The van der Waals surface area contributed by atoms with Gasteiger partial charge in [-0.2, -0.15) is 0 Å². The minimum absolute atomic E-state index is 0.0480. The molecule has 1 aliphatic carbocycles. The van der Waals surface area contributed by atoms with E-state index in [-0.39, 0.29) is 17.6 Å². The summed E-state index contributed by atoms with van der Waals surface area (Å²) in [6.07, 6.45) is 3.96. The van der Waals surface area contributed by atoms with E-state index in [4.69, 9.17) is 9.47 Å². The fourth-order valence-corrected chi connectivity index (χ4v) is 5.37. The molecule has 0 radical (unpaired) electrons. The van der Waals surface area contributed by atoms with Crippen LogP contribution in [-0.2, 0) is 15.1 Å². The Bertz CT molecular complexity index is 1060. The van der Waals surface area contributed by atoms with Crippen LogP contribution < -0.4 is 10.1 Å². The van der Waals surface area contributed by atoms with Crippen molar-refractivity contribution in [2.75, 3.05) is 26.3 Å². The zero-order valence-corrected chi connectivity index (χ0v) is 19.6. The second-order valence-corrected chi connectivity index (χ2v) is 9.85. The molecule has 1 atom stereocenters. The molecule has 2 N–H and O–H groups in total. The lowest BCUT2D eigenvalue weighted by Crippen LogP contribution is -2.62. The van der Waals surface area contributed by atoms with Gasteiger partial charge >= 0.3 is 5.97 Å². The highest BCUT2D eigenvalue weighted by Gasteiger charge is 2.53. The molecule has 2 aromatic rings. The van der Waals surface area contributed by atoms with Crippen LogP contribution in [0.1, 0.15) is 53.6 Å². The minimum Gasteiger partial charge on any atom is -0.489 e. The van der Waals surface area contributed by atoms with E-state index in [0.29, 0.717) is 32.6 Å². The van der Waals surface area contributed by atoms with E-state index < -0.39 is 17.0 Å². The number of rotatable bonds is 7. The highest BCUT2D eigenvalue weighted by atomic mass is 16.5. The second kappa shape index (κ2) is 9.04. The van der Waals surface area contributed by atoms with Gasteiger partial charge in [0.05, 0.1) is 11.1 Å². The molecular formula is C27H32N2O5. The molecular weight excluding hydrogens is 432 g/mol. The maximum atomic E-state index is 13.9. The Hall–Kier alpha value is -2.90. The summed E-state index contributed by atoms with van der Waals surface area (Å²) in [5.41, 5.74) is 1.37. The molecule has 3 fully saturated rings. The molecule has 2 aromatic carbocycles. The first-order valence-electron chi connectivity index (χ1n) is 12.1. The van der Waals surface area contributed by atoms with Crippen molar-refractivity contribution in [1.82, 2.24) is 10.2 Å². The fourth-order valence-electron chi connectivity index (χ4n) is 5.37. The summed E-state index contributed by atoms with van der Waals surface area (Å²) >= 11 is 0. The quantitative estimate of drug-likeness (QED) is 0.652. The molecule has 2 aliphatic heterocycles. The molecule has 2 heterocycles. The first kappa shape index (κ1) is 22.9. The van der Waals surface area contributed by atoms with E-state index in [0.717, 1.165) is 37.1 Å². The lowest BCUT2D eigenvalue weighted by molar-refractivity contribution is -0.141. The van der Waals surface area contributed by atoms with Crippen LogP contribution in [0.4, 0.5) is 0 Å². The third-order valence-electron chi connectivity index (χ3n) is 7.57. The molecule has 5 rings (SSSR count). The van der Waals surface area contributed by atoms with Gasteiger partial charge in [0, 0.05) is 26.3 Å². The van der Waals surface area contributed by atoms with E-state index in [1.54, 1.807) is 12.1 Å². The molecule has 7 nitrogen and oxygen atoms in total. The van der Waals surface area contributed by atoms with Crippen molar-refractivity contribution >= 4 is 11.9 Å². The Morgan fingerprint density at radius 3 is 2.47 bits per heavy atom. The van der Waals surface area contributed by atoms with Gasteiger partial charge in [-0.3, -0.25) is 9.69 Å². The van der Waals surface area contributed by atoms with Crippen molar-refractivity contribution < 1.29 is 24.2 Å². The smallest absolute Gasteiger partial charge is 0.335 e. The number of hydrogen-bond acceptors (Lipinski definition) is 5. The van der Waals surface area contributed by atoms with Gasteiger partial charge in [-0.05, 0) is 74.4 Å². The van der Waals surface area contributed by atoms with Gasteiger partial charge in [0.25, 0.3) is 0 Å². The monoisotopic (exact) mass is 464 g/mol. The SMILES string of the molecule is Cc1cccc(O[C@@H]2CCN(C3(C(=O)NC4(c5ccc(C(=O)O)cc5)CC4)CCOCC3)C2)c1. The van der Waals surface area contributed by atoms with E-state index in [9.17, 15) is 14.7 Å². The molecule has 180 valence electrons. The fraction of sp³-hybridized carbons (Fsp3) is 0.481. The predicted octanol–water partition coefficient (Wildman–Crippen LogP) is 3.50. The predicted molar refractivity (Wildman–Crippen MR) is 127 cm³/mol. The Kier molecular flexibility index (Phi) is 6.08. The summed E-state index contributed by atoms with van der Waals surface area (Å²) in [4.78, 5) is 27.4. The van der Waals surface area contributed by atoms with Crippen molar-refractivity contribution in [3.63, 3.8) is 0 Å². The number of carboxylic acid groups (broad SMARTS) is 1. The Morgan fingerprint density at radius 1 is 1.09 bits per heavy atom.